The average molecular weight is 246 g/mol. The van der Waals surface area contributed by atoms with Crippen molar-refractivity contribution in [3.05, 3.63) is 27.2 Å². The molecule has 12 heavy (non-hydrogen) atoms. The fraction of sp³-hybridized carbons (Fsp3) is 0.125. The van der Waals surface area contributed by atoms with E-state index in [0.717, 1.165) is 5.56 Å². The number of hydrogen-bond donors (Lipinski definition) is 1. The summed E-state index contributed by atoms with van der Waals surface area (Å²) in [5.74, 6) is 0. The van der Waals surface area contributed by atoms with Gasteiger partial charge in [0, 0.05) is 15.7 Å². The van der Waals surface area contributed by atoms with E-state index in [2.05, 4.69) is 15.9 Å². The van der Waals surface area contributed by atoms with Crippen LogP contribution in [0.4, 0.5) is 5.69 Å². The highest BCUT2D eigenvalue weighted by atomic mass is 79.9. The number of rotatable bonds is 1. The largest absolute Gasteiger partial charge is 0.398 e. The highest BCUT2D eigenvalue weighted by molar-refractivity contribution is 9.10. The lowest BCUT2D eigenvalue weighted by atomic mass is 10.1. The molecule has 0 bridgehead atoms. The van der Waals surface area contributed by atoms with Crippen LogP contribution >= 0.6 is 27.5 Å². The molecule has 0 aromatic heterocycles. The van der Waals surface area contributed by atoms with Crippen LogP contribution in [0.3, 0.4) is 0 Å². The summed E-state index contributed by atoms with van der Waals surface area (Å²) in [5.41, 5.74) is 6.98. The molecule has 0 saturated heterocycles. The van der Waals surface area contributed by atoms with Crippen molar-refractivity contribution >= 4 is 33.2 Å². The zero-order valence-electron chi connectivity index (χ0n) is 6.14. The molecule has 2 N–H and O–H groups in total. The van der Waals surface area contributed by atoms with Gasteiger partial charge < -0.3 is 5.73 Å². The molecule has 0 spiro atoms. The molecular formula is C8H6BrClN2. The van der Waals surface area contributed by atoms with Crippen LogP contribution in [0.2, 0.25) is 5.02 Å². The second-order valence-electron chi connectivity index (χ2n) is 2.26. The number of nitrogens with zero attached hydrogens (tertiary/aromatic N) is 1. The third-order valence-electron chi connectivity index (χ3n) is 1.49. The molecule has 1 aromatic rings. The lowest BCUT2D eigenvalue weighted by molar-refractivity contribution is 1.25. The van der Waals surface area contributed by atoms with E-state index in [-0.39, 0.29) is 6.42 Å². The van der Waals surface area contributed by atoms with Crippen LogP contribution in [-0.4, -0.2) is 0 Å². The Morgan fingerprint density at radius 2 is 2.25 bits per heavy atom. The second kappa shape index (κ2) is 3.79. The Morgan fingerprint density at radius 1 is 1.58 bits per heavy atom. The van der Waals surface area contributed by atoms with Gasteiger partial charge in [0.25, 0.3) is 0 Å². The Labute approximate surface area is 84.1 Å². The molecule has 0 aliphatic rings. The number of benzene rings is 1. The maximum atomic E-state index is 8.49. The highest BCUT2D eigenvalue weighted by Gasteiger charge is 2.06. The molecule has 62 valence electrons. The predicted molar refractivity (Wildman–Crippen MR) is 52.9 cm³/mol. The fourth-order valence-corrected chi connectivity index (χ4v) is 1.54. The maximum Gasteiger partial charge on any atom is 0.0670 e. The minimum atomic E-state index is 0.271. The molecule has 0 aliphatic heterocycles. The first kappa shape index (κ1) is 9.37. The SMILES string of the molecule is N#CCc1c(N)ccc(Cl)c1Br. The van der Waals surface area contributed by atoms with E-state index in [0.29, 0.717) is 15.2 Å². The maximum absolute atomic E-state index is 8.49. The van der Waals surface area contributed by atoms with Crippen molar-refractivity contribution in [1.29, 1.82) is 5.26 Å². The van der Waals surface area contributed by atoms with Gasteiger partial charge in [-0.15, -0.1) is 0 Å². The van der Waals surface area contributed by atoms with Crippen molar-refractivity contribution in [3.8, 4) is 6.07 Å². The molecule has 1 rings (SSSR count). The molecule has 0 radical (unpaired) electrons. The summed E-state index contributed by atoms with van der Waals surface area (Å²) in [5, 5.41) is 9.07. The first-order chi connectivity index (χ1) is 5.66. The van der Waals surface area contributed by atoms with E-state index in [4.69, 9.17) is 22.6 Å². The summed E-state index contributed by atoms with van der Waals surface area (Å²) < 4.78 is 0.714. The molecule has 1 aromatic carbocycles. The third-order valence-corrected chi connectivity index (χ3v) is 2.94. The number of nitrogens with two attached hydrogens (primary N) is 1. The molecule has 0 heterocycles. The molecule has 2 nitrogen and oxygen atoms in total. The van der Waals surface area contributed by atoms with Crippen molar-refractivity contribution in [2.75, 3.05) is 5.73 Å². The number of anilines is 1. The second-order valence-corrected chi connectivity index (χ2v) is 3.46. The van der Waals surface area contributed by atoms with Crippen molar-refractivity contribution < 1.29 is 0 Å². The molecule has 0 amide bonds. The van der Waals surface area contributed by atoms with Crippen LogP contribution in [0.25, 0.3) is 0 Å². The monoisotopic (exact) mass is 244 g/mol. The third kappa shape index (κ3) is 1.71. The van der Waals surface area contributed by atoms with Gasteiger partial charge in [-0.1, -0.05) is 11.6 Å². The molecule has 0 aliphatic carbocycles. The van der Waals surface area contributed by atoms with Gasteiger partial charge >= 0.3 is 0 Å². The minimum Gasteiger partial charge on any atom is -0.398 e. The molecular weight excluding hydrogens is 239 g/mol. The van der Waals surface area contributed by atoms with Crippen molar-refractivity contribution in [1.82, 2.24) is 0 Å². The van der Waals surface area contributed by atoms with Gasteiger partial charge in [0.2, 0.25) is 0 Å². The smallest absolute Gasteiger partial charge is 0.0670 e. The number of hydrogen-bond acceptors (Lipinski definition) is 2. The Bertz CT molecular complexity index is 344. The average Bonchev–Trinajstić information content (AvgIpc) is 2.06. The van der Waals surface area contributed by atoms with Crippen LogP contribution in [0.5, 0.6) is 0 Å². The number of nitriles is 1. The first-order valence-electron chi connectivity index (χ1n) is 3.26. The molecule has 0 unspecified atom stereocenters. The normalized spacial score (nSPS) is 9.42. The molecule has 0 fully saturated rings. The van der Waals surface area contributed by atoms with Crippen molar-refractivity contribution in [3.63, 3.8) is 0 Å². The minimum absolute atomic E-state index is 0.271. The summed E-state index contributed by atoms with van der Waals surface area (Å²) in [6.45, 7) is 0. The van der Waals surface area contributed by atoms with Crippen molar-refractivity contribution in [2.24, 2.45) is 0 Å². The van der Waals surface area contributed by atoms with E-state index >= 15 is 0 Å². The quantitative estimate of drug-likeness (QED) is 0.774. The van der Waals surface area contributed by atoms with Gasteiger partial charge in [0.05, 0.1) is 17.5 Å². The summed E-state index contributed by atoms with van der Waals surface area (Å²) in [6.07, 6.45) is 0.271. The summed E-state index contributed by atoms with van der Waals surface area (Å²) in [6, 6.07) is 5.41. The van der Waals surface area contributed by atoms with Gasteiger partial charge in [-0.25, -0.2) is 0 Å². The van der Waals surface area contributed by atoms with E-state index < -0.39 is 0 Å². The Morgan fingerprint density at radius 3 is 2.83 bits per heavy atom. The van der Waals surface area contributed by atoms with E-state index in [1.54, 1.807) is 12.1 Å². The topological polar surface area (TPSA) is 49.8 Å². The first-order valence-corrected chi connectivity index (χ1v) is 4.43. The zero-order valence-corrected chi connectivity index (χ0v) is 8.48. The lowest BCUT2D eigenvalue weighted by Gasteiger charge is -2.05. The van der Waals surface area contributed by atoms with Crippen LogP contribution < -0.4 is 5.73 Å². The molecule has 4 heteroatoms. The Hall–Kier alpha value is -0.720. The zero-order chi connectivity index (χ0) is 9.14. The Balaban J connectivity index is 3.25. The van der Waals surface area contributed by atoms with Gasteiger partial charge in [0.1, 0.15) is 0 Å². The van der Waals surface area contributed by atoms with E-state index in [9.17, 15) is 0 Å². The van der Waals surface area contributed by atoms with Gasteiger partial charge in [-0.3, -0.25) is 0 Å². The summed E-state index contributed by atoms with van der Waals surface area (Å²) >= 11 is 9.08. The van der Waals surface area contributed by atoms with Crippen LogP contribution in [0.15, 0.2) is 16.6 Å². The predicted octanol–water partition coefficient (Wildman–Crippen LogP) is 2.75. The summed E-state index contributed by atoms with van der Waals surface area (Å²) in [7, 11) is 0. The van der Waals surface area contributed by atoms with Crippen LogP contribution in [0, 0.1) is 11.3 Å². The van der Waals surface area contributed by atoms with Gasteiger partial charge in [-0.05, 0) is 28.1 Å². The highest BCUT2D eigenvalue weighted by Crippen LogP contribution is 2.30. The Kier molecular flexibility index (Phi) is 2.96. The van der Waals surface area contributed by atoms with Gasteiger partial charge in [-0.2, -0.15) is 5.26 Å². The molecule has 0 saturated carbocycles. The fourth-order valence-electron chi connectivity index (χ4n) is 0.866. The van der Waals surface area contributed by atoms with E-state index in [1.807, 2.05) is 6.07 Å². The van der Waals surface area contributed by atoms with Crippen LogP contribution in [-0.2, 0) is 6.42 Å². The van der Waals surface area contributed by atoms with E-state index in [1.165, 1.54) is 0 Å². The standard InChI is InChI=1S/C8H6BrClN2/c9-8-5(3-4-11)7(12)2-1-6(8)10/h1-2H,3,12H2. The van der Waals surface area contributed by atoms with Crippen LogP contribution in [0.1, 0.15) is 5.56 Å². The number of nitrogen functional groups attached to an aromatic ring is 1. The number of halogens is 2. The lowest BCUT2D eigenvalue weighted by Crippen LogP contribution is -1.94. The molecule has 0 atom stereocenters. The van der Waals surface area contributed by atoms with Crippen molar-refractivity contribution in [2.45, 2.75) is 6.42 Å². The summed E-state index contributed by atoms with van der Waals surface area (Å²) in [4.78, 5) is 0. The van der Waals surface area contributed by atoms with Gasteiger partial charge in [0.15, 0.2) is 0 Å².